The molecular formula is C21H22FN3O3. The average Bonchev–Trinajstić information content (AvgIpc) is 3.18. The van der Waals surface area contributed by atoms with Gasteiger partial charge in [0.25, 0.3) is 5.91 Å². The molecule has 0 saturated carbocycles. The first-order valence-corrected chi connectivity index (χ1v) is 9.00. The standard InChI is InChI=1S/C21H22FN3O3/c1-15-3-5-17(6-4-15)21(26)25(13-14-27-2)12-11-19-23-20(24-28-19)16-7-9-18(22)10-8-16/h3-10H,11-14H2,1-2H3. The Balaban J connectivity index is 1.67. The lowest BCUT2D eigenvalue weighted by Gasteiger charge is -2.21. The van der Waals surface area contributed by atoms with Crippen LogP contribution in [0.4, 0.5) is 4.39 Å². The van der Waals surface area contributed by atoms with Crippen LogP contribution in [0.5, 0.6) is 0 Å². The quantitative estimate of drug-likeness (QED) is 0.595. The molecule has 0 fully saturated rings. The summed E-state index contributed by atoms with van der Waals surface area (Å²) in [5, 5.41) is 3.93. The fourth-order valence-corrected chi connectivity index (χ4v) is 2.70. The molecule has 3 aromatic rings. The lowest BCUT2D eigenvalue weighted by Crippen LogP contribution is -2.35. The Kier molecular flexibility index (Phi) is 6.49. The van der Waals surface area contributed by atoms with Crippen molar-refractivity contribution in [3.05, 3.63) is 71.4 Å². The molecule has 3 rings (SSSR count). The van der Waals surface area contributed by atoms with Crippen LogP contribution in [-0.4, -0.2) is 47.8 Å². The molecule has 146 valence electrons. The summed E-state index contributed by atoms with van der Waals surface area (Å²) in [5.74, 6) is 0.410. The van der Waals surface area contributed by atoms with Crippen LogP contribution >= 0.6 is 0 Å². The summed E-state index contributed by atoms with van der Waals surface area (Å²) < 4.78 is 23.5. The number of nitrogens with zero attached hydrogens (tertiary/aromatic N) is 3. The Bertz CT molecular complexity index is 907. The van der Waals surface area contributed by atoms with Gasteiger partial charge in [0.15, 0.2) is 0 Å². The maximum absolute atomic E-state index is 13.0. The van der Waals surface area contributed by atoms with Gasteiger partial charge in [0.05, 0.1) is 6.61 Å². The van der Waals surface area contributed by atoms with Crippen LogP contribution in [0, 0.1) is 12.7 Å². The minimum atomic E-state index is -0.323. The highest BCUT2D eigenvalue weighted by Gasteiger charge is 2.17. The third-order valence-electron chi connectivity index (χ3n) is 4.32. The van der Waals surface area contributed by atoms with E-state index in [1.165, 1.54) is 12.1 Å². The fraction of sp³-hybridized carbons (Fsp3) is 0.286. The Morgan fingerprint density at radius 2 is 1.82 bits per heavy atom. The zero-order chi connectivity index (χ0) is 19.9. The van der Waals surface area contributed by atoms with Gasteiger partial charge in [-0.1, -0.05) is 22.9 Å². The second-order valence-electron chi connectivity index (χ2n) is 6.42. The van der Waals surface area contributed by atoms with Gasteiger partial charge in [0.1, 0.15) is 5.82 Å². The molecule has 0 spiro atoms. The van der Waals surface area contributed by atoms with Gasteiger partial charge in [-0.3, -0.25) is 4.79 Å². The molecule has 1 aromatic heterocycles. The number of rotatable bonds is 8. The van der Waals surface area contributed by atoms with Crippen molar-refractivity contribution in [1.82, 2.24) is 15.0 Å². The van der Waals surface area contributed by atoms with Crippen molar-refractivity contribution >= 4 is 5.91 Å². The zero-order valence-electron chi connectivity index (χ0n) is 15.9. The van der Waals surface area contributed by atoms with Crippen LogP contribution in [-0.2, 0) is 11.2 Å². The zero-order valence-corrected chi connectivity index (χ0v) is 15.9. The second kappa shape index (κ2) is 9.23. The molecule has 0 radical (unpaired) electrons. The number of benzene rings is 2. The SMILES string of the molecule is COCCN(CCc1nc(-c2ccc(F)cc2)no1)C(=O)c1ccc(C)cc1. The van der Waals surface area contributed by atoms with Gasteiger partial charge in [-0.05, 0) is 43.3 Å². The van der Waals surface area contributed by atoms with Crippen LogP contribution in [0.1, 0.15) is 21.8 Å². The molecular weight excluding hydrogens is 361 g/mol. The highest BCUT2D eigenvalue weighted by molar-refractivity contribution is 5.94. The van der Waals surface area contributed by atoms with Crippen molar-refractivity contribution in [2.45, 2.75) is 13.3 Å². The summed E-state index contributed by atoms with van der Waals surface area (Å²) in [6, 6.07) is 13.3. The molecule has 0 N–H and O–H groups in total. The van der Waals surface area contributed by atoms with Crippen molar-refractivity contribution < 1.29 is 18.4 Å². The molecule has 0 aliphatic carbocycles. The van der Waals surface area contributed by atoms with Crippen molar-refractivity contribution in [2.75, 3.05) is 26.8 Å². The van der Waals surface area contributed by atoms with Crippen LogP contribution in [0.15, 0.2) is 53.1 Å². The number of ether oxygens (including phenoxy) is 1. The van der Waals surface area contributed by atoms with Gasteiger partial charge in [0, 0.05) is 37.7 Å². The summed E-state index contributed by atoms with van der Waals surface area (Å²) >= 11 is 0. The van der Waals surface area contributed by atoms with Gasteiger partial charge < -0.3 is 14.2 Å². The summed E-state index contributed by atoms with van der Waals surface area (Å²) in [4.78, 5) is 18.9. The summed E-state index contributed by atoms with van der Waals surface area (Å²) in [6.07, 6.45) is 0.412. The van der Waals surface area contributed by atoms with Gasteiger partial charge in [-0.15, -0.1) is 0 Å². The monoisotopic (exact) mass is 383 g/mol. The molecule has 0 saturated heterocycles. The first-order valence-electron chi connectivity index (χ1n) is 9.00. The Morgan fingerprint density at radius 1 is 1.11 bits per heavy atom. The Morgan fingerprint density at radius 3 is 2.50 bits per heavy atom. The number of amides is 1. The highest BCUT2D eigenvalue weighted by Crippen LogP contribution is 2.16. The second-order valence-corrected chi connectivity index (χ2v) is 6.42. The molecule has 2 aromatic carbocycles. The number of hydrogen-bond acceptors (Lipinski definition) is 5. The number of methoxy groups -OCH3 is 1. The largest absolute Gasteiger partial charge is 0.383 e. The van der Waals surface area contributed by atoms with E-state index in [1.54, 1.807) is 24.1 Å². The number of carbonyl (C=O) groups excluding carboxylic acids is 1. The van der Waals surface area contributed by atoms with E-state index in [0.717, 1.165) is 5.56 Å². The van der Waals surface area contributed by atoms with Gasteiger partial charge >= 0.3 is 0 Å². The van der Waals surface area contributed by atoms with E-state index in [9.17, 15) is 9.18 Å². The molecule has 28 heavy (non-hydrogen) atoms. The highest BCUT2D eigenvalue weighted by atomic mass is 19.1. The van der Waals surface area contributed by atoms with E-state index in [1.807, 2.05) is 31.2 Å². The Labute approximate surface area is 162 Å². The van der Waals surface area contributed by atoms with Gasteiger partial charge in [-0.25, -0.2) is 4.39 Å². The van der Waals surface area contributed by atoms with Crippen LogP contribution in [0.3, 0.4) is 0 Å². The van der Waals surface area contributed by atoms with Gasteiger partial charge in [-0.2, -0.15) is 4.98 Å². The first-order chi connectivity index (χ1) is 13.6. The molecule has 0 aliphatic heterocycles. The van der Waals surface area contributed by atoms with E-state index < -0.39 is 0 Å². The number of halogens is 1. The predicted octanol–water partition coefficient (Wildman–Crippen LogP) is 3.52. The van der Waals surface area contributed by atoms with Crippen molar-refractivity contribution in [3.63, 3.8) is 0 Å². The van der Waals surface area contributed by atoms with Crippen LogP contribution in [0.25, 0.3) is 11.4 Å². The van der Waals surface area contributed by atoms with Gasteiger partial charge in [0.2, 0.25) is 11.7 Å². The van der Waals surface area contributed by atoms with E-state index in [4.69, 9.17) is 9.26 Å². The van der Waals surface area contributed by atoms with E-state index >= 15 is 0 Å². The molecule has 0 aliphatic rings. The number of aryl methyl sites for hydroxylation is 1. The molecule has 7 heteroatoms. The van der Waals surface area contributed by atoms with Crippen molar-refractivity contribution in [1.29, 1.82) is 0 Å². The number of hydrogen-bond donors (Lipinski definition) is 0. The minimum Gasteiger partial charge on any atom is -0.383 e. The summed E-state index contributed by atoms with van der Waals surface area (Å²) in [5.41, 5.74) is 2.39. The maximum atomic E-state index is 13.0. The third kappa shape index (κ3) is 5.01. The first kappa shape index (κ1) is 19.7. The van der Waals surface area contributed by atoms with Crippen molar-refractivity contribution in [2.24, 2.45) is 0 Å². The predicted molar refractivity (Wildman–Crippen MR) is 102 cm³/mol. The molecule has 1 heterocycles. The van der Waals surface area contributed by atoms with E-state index in [2.05, 4.69) is 10.1 Å². The van der Waals surface area contributed by atoms with Crippen LogP contribution < -0.4 is 0 Å². The third-order valence-corrected chi connectivity index (χ3v) is 4.32. The number of aromatic nitrogens is 2. The topological polar surface area (TPSA) is 68.5 Å². The normalized spacial score (nSPS) is 10.8. The lowest BCUT2D eigenvalue weighted by molar-refractivity contribution is 0.0694. The van der Waals surface area contributed by atoms with Crippen molar-refractivity contribution in [3.8, 4) is 11.4 Å². The molecule has 0 unspecified atom stereocenters. The Hall–Kier alpha value is -3.06. The minimum absolute atomic E-state index is 0.0738. The summed E-state index contributed by atoms with van der Waals surface area (Å²) in [7, 11) is 1.60. The van der Waals surface area contributed by atoms with Crippen LogP contribution in [0.2, 0.25) is 0 Å². The lowest BCUT2D eigenvalue weighted by atomic mass is 10.1. The summed E-state index contributed by atoms with van der Waals surface area (Å²) in [6.45, 7) is 3.29. The fourth-order valence-electron chi connectivity index (χ4n) is 2.70. The molecule has 0 bridgehead atoms. The number of carbonyl (C=O) groups is 1. The maximum Gasteiger partial charge on any atom is 0.253 e. The smallest absolute Gasteiger partial charge is 0.253 e. The van der Waals surface area contributed by atoms with E-state index in [0.29, 0.717) is 49.0 Å². The average molecular weight is 383 g/mol. The molecule has 1 amide bonds. The van der Waals surface area contributed by atoms with E-state index in [-0.39, 0.29) is 11.7 Å². The molecule has 0 atom stereocenters. The molecule has 6 nitrogen and oxygen atoms in total.